The normalized spacial score (nSPS) is 14.6. The van der Waals surface area contributed by atoms with Crippen molar-refractivity contribution in [1.82, 2.24) is 4.90 Å². The summed E-state index contributed by atoms with van der Waals surface area (Å²) >= 11 is 3.68. The van der Waals surface area contributed by atoms with E-state index in [1.807, 2.05) is 0 Å². The third-order valence-corrected chi connectivity index (χ3v) is 4.54. The van der Waals surface area contributed by atoms with Crippen LogP contribution in [0.25, 0.3) is 0 Å². The minimum atomic E-state index is 0.218. The molecule has 0 radical (unpaired) electrons. The molecule has 3 nitrogen and oxygen atoms in total. The molecular weight excluding hydrogens is 316 g/mol. The molecule has 0 amide bonds. The van der Waals surface area contributed by atoms with Crippen LogP contribution in [0.4, 0.5) is 0 Å². The van der Waals surface area contributed by atoms with E-state index >= 15 is 0 Å². The number of rotatable bonds is 8. The largest absolute Gasteiger partial charge is 0.383 e. The second-order valence-corrected chi connectivity index (χ2v) is 6.12. The Hall–Kier alpha value is -0.420. The predicted octanol–water partition coefficient (Wildman–Crippen LogP) is 3.50. The lowest BCUT2D eigenvalue weighted by atomic mass is 10.0. The average molecular weight is 343 g/mol. The van der Waals surface area contributed by atoms with E-state index in [-0.39, 0.29) is 6.04 Å². The standard InChI is InChI=1S/C16H27BrN2O/c1-5-13(3)19(8-9-20-4)16(11-18)14-7-6-12(2)10-15(14)17/h6-7,10,13,16H,5,8-9,11,18H2,1-4H3. The minimum Gasteiger partial charge on any atom is -0.383 e. The highest BCUT2D eigenvalue weighted by Gasteiger charge is 2.24. The van der Waals surface area contributed by atoms with E-state index in [1.165, 1.54) is 11.1 Å². The van der Waals surface area contributed by atoms with Gasteiger partial charge in [0.25, 0.3) is 0 Å². The fourth-order valence-corrected chi connectivity index (χ4v) is 3.22. The van der Waals surface area contributed by atoms with Gasteiger partial charge in [-0.05, 0) is 37.5 Å². The summed E-state index contributed by atoms with van der Waals surface area (Å²) in [7, 11) is 1.74. The molecule has 1 rings (SSSR count). The van der Waals surface area contributed by atoms with Crippen LogP contribution in [0, 0.1) is 6.92 Å². The number of benzene rings is 1. The Morgan fingerprint density at radius 3 is 2.60 bits per heavy atom. The number of nitrogens with zero attached hydrogens (tertiary/aromatic N) is 1. The van der Waals surface area contributed by atoms with Crippen LogP contribution in [0.15, 0.2) is 22.7 Å². The fourth-order valence-electron chi connectivity index (χ4n) is 2.46. The molecule has 0 saturated carbocycles. The Bertz CT molecular complexity index is 411. The van der Waals surface area contributed by atoms with Crippen LogP contribution in [0.3, 0.4) is 0 Å². The molecule has 20 heavy (non-hydrogen) atoms. The second kappa shape index (κ2) is 8.78. The van der Waals surface area contributed by atoms with Gasteiger partial charge in [0.05, 0.1) is 6.61 Å². The smallest absolute Gasteiger partial charge is 0.0590 e. The lowest BCUT2D eigenvalue weighted by Crippen LogP contribution is -2.41. The predicted molar refractivity (Wildman–Crippen MR) is 89.0 cm³/mol. The molecule has 1 aromatic carbocycles. The molecule has 0 aliphatic heterocycles. The summed E-state index contributed by atoms with van der Waals surface area (Å²) < 4.78 is 6.39. The van der Waals surface area contributed by atoms with E-state index in [2.05, 4.69) is 59.8 Å². The monoisotopic (exact) mass is 342 g/mol. The number of nitrogens with two attached hydrogens (primary N) is 1. The van der Waals surface area contributed by atoms with Crippen LogP contribution in [-0.4, -0.2) is 37.7 Å². The van der Waals surface area contributed by atoms with E-state index < -0.39 is 0 Å². The van der Waals surface area contributed by atoms with Crippen molar-refractivity contribution in [2.24, 2.45) is 5.73 Å². The van der Waals surface area contributed by atoms with Gasteiger partial charge >= 0.3 is 0 Å². The third kappa shape index (κ3) is 4.55. The molecule has 2 atom stereocenters. The molecule has 1 aromatic rings. The van der Waals surface area contributed by atoms with Crippen LogP contribution >= 0.6 is 15.9 Å². The minimum absolute atomic E-state index is 0.218. The van der Waals surface area contributed by atoms with Crippen LogP contribution in [0.1, 0.15) is 37.4 Å². The molecule has 0 saturated heterocycles. The third-order valence-electron chi connectivity index (χ3n) is 3.85. The van der Waals surface area contributed by atoms with Crippen molar-refractivity contribution in [2.75, 3.05) is 26.8 Å². The van der Waals surface area contributed by atoms with Crippen LogP contribution in [0.2, 0.25) is 0 Å². The molecule has 0 bridgehead atoms. The quantitative estimate of drug-likeness (QED) is 0.785. The van der Waals surface area contributed by atoms with Gasteiger partial charge in [-0.3, -0.25) is 4.90 Å². The van der Waals surface area contributed by atoms with Crippen LogP contribution in [-0.2, 0) is 4.74 Å². The maximum Gasteiger partial charge on any atom is 0.0590 e. The Labute approximate surface area is 131 Å². The van der Waals surface area contributed by atoms with E-state index in [1.54, 1.807) is 7.11 Å². The van der Waals surface area contributed by atoms with Gasteiger partial charge < -0.3 is 10.5 Å². The van der Waals surface area contributed by atoms with Crippen molar-refractivity contribution < 1.29 is 4.74 Å². The molecular formula is C16H27BrN2O. The van der Waals surface area contributed by atoms with Gasteiger partial charge in [0.15, 0.2) is 0 Å². The molecule has 0 fully saturated rings. The van der Waals surface area contributed by atoms with Crippen molar-refractivity contribution >= 4 is 15.9 Å². The first-order valence-corrected chi connectivity index (χ1v) is 8.05. The fraction of sp³-hybridized carbons (Fsp3) is 0.625. The maximum atomic E-state index is 6.07. The number of ether oxygens (including phenoxy) is 1. The second-order valence-electron chi connectivity index (χ2n) is 5.26. The molecule has 0 spiro atoms. The van der Waals surface area contributed by atoms with E-state index in [0.717, 1.165) is 24.0 Å². The van der Waals surface area contributed by atoms with Crippen LogP contribution in [0.5, 0.6) is 0 Å². The highest BCUT2D eigenvalue weighted by Crippen LogP contribution is 2.30. The SMILES string of the molecule is CCC(C)N(CCOC)C(CN)c1ccc(C)cc1Br. The molecule has 0 aliphatic carbocycles. The van der Waals surface area contributed by atoms with E-state index in [9.17, 15) is 0 Å². The first kappa shape index (κ1) is 17.6. The van der Waals surface area contributed by atoms with Crippen molar-refractivity contribution in [3.05, 3.63) is 33.8 Å². The Kier molecular flexibility index (Phi) is 7.74. The van der Waals surface area contributed by atoms with Gasteiger partial charge in [0, 0.05) is 36.8 Å². The van der Waals surface area contributed by atoms with Crippen molar-refractivity contribution in [1.29, 1.82) is 0 Å². The topological polar surface area (TPSA) is 38.5 Å². The summed E-state index contributed by atoms with van der Waals surface area (Å²) in [5.41, 5.74) is 8.59. The summed E-state index contributed by atoms with van der Waals surface area (Å²) in [6.07, 6.45) is 1.10. The van der Waals surface area contributed by atoms with Gasteiger partial charge in [-0.15, -0.1) is 0 Å². The summed E-state index contributed by atoms with van der Waals surface area (Å²) in [6, 6.07) is 7.18. The van der Waals surface area contributed by atoms with Crippen molar-refractivity contribution in [3.63, 3.8) is 0 Å². The Morgan fingerprint density at radius 1 is 1.40 bits per heavy atom. The molecule has 0 heterocycles. The zero-order valence-electron chi connectivity index (χ0n) is 13.0. The summed E-state index contributed by atoms with van der Waals surface area (Å²) in [4.78, 5) is 2.44. The number of methoxy groups -OCH3 is 1. The lowest BCUT2D eigenvalue weighted by molar-refractivity contribution is 0.0900. The van der Waals surface area contributed by atoms with Crippen molar-refractivity contribution in [2.45, 2.75) is 39.3 Å². The Morgan fingerprint density at radius 2 is 2.10 bits per heavy atom. The molecule has 0 aliphatic rings. The average Bonchev–Trinajstić information content (AvgIpc) is 2.44. The summed E-state index contributed by atoms with van der Waals surface area (Å²) in [5.74, 6) is 0. The van der Waals surface area contributed by atoms with Crippen LogP contribution < -0.4 is 5.73 Å². The molecule has 2 unspecified atom stereocenters. The zero-order valence-corrected chi connectivity index (χ0v) is 14.6. The first-order valence-electron chi connectivity index (χ1n) is 7.25. The molecule has 2 N–H and O–H groups in total. The van der Waals surface area contributed by atoms with E-state index in [4.69, 9.17) is 10.5 Å². The molecule has 4 heteroatoms. The van der Waals surface area contributed by atoms with Gasteiger partial charge in [0.2, 0.25) is 0 Å². The lowest BCUT2D eigenvalue weighted by Gasteiger charge is -2.36. The van der Waals surface area contributed by atoms with Crippen molar-refractivity contribution in [3.8, 4) is 0 Å². The summed E-state index contributed by atoms with van der Waals surface area (Å²) in [6.45, 7) is 8.79. The summed E-state index contributed by atoms with van der Waals surface area (Å²) in [5, 5.41) is 0. The van der Waals surface area contributed by atoms with Gasteiger partial charge in [-0.25, -0.2) is 0 Å². The first-order chi connectivity index (χ1) is 9.54. The van der Waals surface area contributed by atoms with E-state index in [0.29, 0.717) is 12.6 Å². The highest BCUT2D eigenvalue weighted by molar-refractivity contribution is 9.10. The number of aryl methyl sites for hydroxylation is 1. The zero-order chi connectivity index (χ0) is 15.1. The highest BCUT2D eigenvalue weighted by atomic mass is 79.9. The number of halogens is 1. The molecule has 114 valence electrons. The van der Waals surface area contributed by atoms with Gasteiger partial charge in [0.1, 0.15) is 0 Å². The number of hydrogen-bond donors (Lipinski definition) is 1. The van der Waals surface area contributed by atoms with Gasteiger partial charge in [-0.1, -0.05) is 35.0 Å². The van der Waals surface area contributed by atoms with Gasteiger partial charge in [-0.2, -0.15) is 0 Å². The molecule has 0 aromatic heterocycles. The number of hydrogen-bond acceptors (Lipinski definition) is 3. The Balaban J connectivity index is 3.04. The maximum absolute atomic E-state index is 6.07.